The smallest absolute Gasteiger partial charge is 0.258 e. The molecule has 0 aliphatic carbocycles. The molecule has 1 heterocycles. The Morgan fingerprint density at radius 3 is 2.46 bits per heavy atom. The molecule has 2 rings (SSSR count). The molecule has 0 aliphatic heterocycles. The fraction of sp³-hybridized carbons (Fsp3) is 0.125. The molecule has 0 fully saturated rings. The van der Waals surface area contributed by atoms with Crippen LogP contribution in [0.2, 0.25) is 0 Å². The molecule has 0 amide bonds. The van der Waals surface area contributed by atoms with Crippen LogP contribution >= 0.6 is 11.3 Å². The number of nitrogens with one attached hydrogen (secondary N) is 1. The average molecular weight is 364 g/mol. The summed E-state index contributed by atoms with van der Waals surface area (Å²) in [5.74, 6) is 0. The summed E-state index contributed by atoms with van der Waals surface area (Å²) in [6.45, 7) is 5.42. The molecular weight excluding hydrogens is 348 g/mol. The summed E-state index contributed by atoms with van der Waals surface area (Å²) >= 11 is 0.926. The van der Waals surface area contributed by atoms with Gasteiger partial charge in [-0.15, -0.1) is 0 Å². The minimum absolute atomic E-state index is 0.0449. The number of benzene rings is 1. The summed E-state index contributed by atoms with van der Waals surface area (Å²) < 4.78 is 27.6. The molecule has 0 radical (unpaired) electrons. The number of rotatable bonds is 7. The topological polar surface area (TPSA) is 89.3 Å². The van der Waals surface area contributed by atoms with E-state index in [1.165, 1.54) is 24.3 Å². The zero-order valence-electron chi connectivity index (χ0n) is 12.9. The van der Waals surface area contributed by atoms with Gasteiger partial charge in [-0.25, -0.2) is 8.42 Å². The molecule has 0 saturated heterocycles. The van der Waals surface area contributed by atoms with E-state index in [1.54, 1.807) is 30.4 Å². The first-order valence-electron chi connectivity index (χ1n) is 6.96. The molecule has 6 nitrogen and oxygen atoms in total. The Labute approximate surface area is 144 Å². The van der Waals surface area contributed by atoms with Gasteiger partial charge in [0.15, 0.2) is 0 Å². The van der Waals surface area contributed by atoms with Gasteiger partial charge in [-0.2, -0.15) is 4.72 Å². The highest BCUT2D eigenvalue weighted by Gasteiger charge is 2.22. The monoisotopic (exact) mass is 364 g/mol. The van der Waals surface area contributed by atoms with Gasteiger partial charge in [0.25, 0.3) is 0 Å². The van der Waals surface area contributed by atoms with Crippen LogP contribution < -0.4 is 4.72 Å². The van der Waals surface area contributed by atoms with Crippen molar-refractivity contribution < 1.29 is 13.3 Å². The molecule has 0 bridgehead atoms. The number of thiophene rings is 1. The molecule has 8 heteroatoms. The summed E-state index contributed by atoms with van der Waals surface area (Å²) in [6.07, 6.45) is 4.69. The summed E-state index contributed by atoms with van der Waals surface area (Å²) in [4.78, 5) is 11.0. The molecule has 2 aromatic rings. The van der Waals surface area contributed by atoms with E-state index in [4.69, 9.17) is 0 Å². The lowest BCUT2D eigenvalue weighted by molar-refractivity contribution is -0.380. The number of nitrogens with zero attached hydrogens (tertiary/aromatic N) is 1. The number of aryl methyl sites for hydroxylation is 1. The number of nitro groups is 1. The normalized spacial score (nSPS) is 13.0. The summed E-state index contributed by atoms with van der Waals surface area (Å²) in [7, 11) is -3.76. The number of sulfonamides is 1. The lowest BCUT2D eigenvalue weighted by Gasteiger charge is -2.14. The van der Waals surface area contributed by atoms with Gasteiger partial charge in [0, 0.05) is 10.9 Å². The predicted molar refractivity (Wildman–Crippen MR) is 94.6 cm³/mol. The summed E-state index contributed by atoms with van der Waals surface area (Å²) in [5, 5.41) is 10.8. The molecule has 1 aromatic heterocycles. The lowest BCUT2D eigenvalue weighted by Crippen LogP contribution is -2.27. The van der Waals surface area contributed by atoms with E-state index in [2.05, 4.69) is 11.3 Å². The summed E-state index contributed by atoms with van der Waals surface area (Å²) in [5.41, 5.74) is 0.950. The fourth-order valence-electron chi connectivity index (χ4n) is 1.94. The van der Waals surface area contributed by atoms with Crippen molar-refractivity contribution in [1.82, 2.24) is 4.72 Å². The highest BCUT2D eigenvalue weighted by Crippen LogP contribution is 2.30. The molecule has 1 N–H and O–H groups in total. The third kappa shape index (κ3) is 4.38. The SMILES string of the molecule is C=C/C=C\[C@H](NS(=O)(=O)c1ccc(C)cc1)c1ccc([N+](=O)[O-])s1. The summed E-state index contributed by atoms with van der Waals surface area (Å²) in [6, 6.07) is 8.63. The second-order valence-electron chi connectivity index (χ2n) is 4.97. The third-order valence-corrected chi connectivity index (χ3v) is 5.73. The van der Waals surface area contributed by atoms with E-state index in [0.717, 1.165) is 16.9 Å². The standard InChI is InChI=1S/C16H16N2O4S2/c1-3-4-5-14(15-10-11-16(23-15)18(19)20)17-24(21,22)13-8-6-12(2)7-9-13/h3-11,14,17H,1H2,2H3/b5-4-/t14-/m0/s1. The van der Waals surface area contributed by atoms with Crippen molar-refractivity contribution in [2.24, 2.45) is 0 Å². The molecule has 0 spiro atoms. The second kappa shape index (κ2) is 7.52. The molecule has 126 valence electrons. The Bertz CT molecular complexity index is 868. The minimum atomic E-state index is -3.76. The quantitative estimate of drug-likeness (QED) is 0.460. The Morgan fingerprint density at radius 2 is 1.92 bits per heavy atom. The lowest BCUT2D eigenvalue weighted by atomic mass is 10.2. The van der Waals surface area contributed by atoms with Crippen molar-refractivity contribution in [2.45, 2.75) is 17.9 Å². The Hall–Kier alpha value is -2.29. The van der Waals surface area contributed by atoms with Crippen molar-refractivity contribution in [1.29, 1.82) is 0 Å². The van der Waals surface area contributed by atoms with Gasteiger partial charge in [0.05, 0.1) is 15.9 Å². The van der Waals surface area contributed by atoms with E-state index in [-0.39, 0.29) is 9.90 Å². The van der Waals surface area contributed by atoms with Crippen LogP contribution in [0.15, 0.2) is 66.1 Å². The number of hydrogen-bond acceptors (Lipinski definition) is 5. The zero-order valence-corrected chi connectivity index (χ0v) is 14.5. The van der Waals surface area contributed by atoms with Crippen LogP contribution in [0.1, 0.15) is 16.5 Å². The van der Waals surface area contributed by atoms with Crippen molar-refractivity contribution in [2.75, 3.05) is 0 Å². The number of allylic oxidation sites excluding steroid dienone is 2. The molecular formula is C16H16N2O4S2. The van der Waals surface area contributed by atoms with Crippen molar-refractivity contribution >= 4 is 26.4 Å². The van der Waals surface area contributed by atoms with Crippen LogP contribution in [0.3, 0.4) is 0 Å². The Kier molecular flexibility index (Phi) is 5.66. The second-order valence-corrected chi connectivity index (χ2v) is 7.77. The third-order valence-electron chi connectivity index (χ3n) is 3.15. The van der Waals surface area contributed by atoms with Crippen LogP contribution in [0, 0.1) is 17.0 Å². The highest BCUT2D eigenvalue weighted by molar-refractivity contribution is 7.89. The molecule has 0 saturated carbocycles. The maximum atomic E-state index is 12.5. The molecule has 24 heavy (non-hydrogen) atoms. The first-order chi connectivity index (χ1) is 11.3. The first-order valence-corrected chi connectivity index (χ1v) is 9.26. The van der Waals surface area contributed by atoms with Gasteiger partial charge in [-0.05, 0) is 25.1 Å². The van der Waals surface area contributed by atoms with Gasteiger partial charge < -0.3 is 0 Å². The maximum absolute atomic E-state index is 12.5. The highest BCUT2D eigenvalue weighted by atomic mass is 32.2. The van der Waals surface area contributed by atoms with Crippen molar-refractivity contribution in [3.63, 3.8) is 0 Å². The first kappa shape index (κ1) is 18.1. The van der Waals surface area contributed by atoms with E-state index >= 15 is 0 Å². The Morgan fingerprint density at radius 1 is 1.25 bits per heavy atom. The van der Waals surface area contributed by atoms with Crippen LogP contribution in [0.5, 0.6) is 0 Å². The van der Waals surface area contributed by atoms with Crippen molar-refractivity contribution in [3.05, 3.63) is 81.8 Å². The fourth-order valence-corrected chi connectivity index (χ4v) is 4.04. The predicted octanol–water partition coefficient (Wildman–Crippen LogP) is 3.73. The van der Waals surface area contributed by atoms with Crippen LogP contribution in [0.4, 0.5) is 5.00 Å². The Balaban J connectivity index is 2.34. The minimum Gasteiger partial charge on any atom is -0.258 e. The van der Waals surface area contributed by atoms with E-state index in [1.807, 2.05) is 6.92 Å². The maximum Gasteiger partial charge on any atom is 0.324 e. The molecule has 1 aromatic carbocycles. The van der Waals surface area contributed by atoms with Gasteiger partial charge in [0.2, 0.25) is 10.0 Å². The van der Waals surface area contributed by atoms with Crippen LogP contribution in [-0.4, -0.2) is 13.3 Å². The molecule has 1 atom stereocenters. The average Bonchev–Trinajstić information content (AvgIpc) is 3.02. The van der Waals surface area contributed by atoms with Crippen LogP contribution in [-0.2, 0) is 10.0 Å². The van der Waals surface area contributed by atoms with E-state index < -0.39 is 21.0 Å². The van der Waals surface area contributed by atoms with Gasteiger partial charge in [-0.3, -0.25) is 10.1 Å². The van der Waals surface area contributed by atoms with E-state index in [9.17, 15) is 18.5 Å². The van der Waals surface area contributed by atoms with Crippen molar-refractivity contribution in [3.8, 4) is 0 Å². The number of hydrogen-bond donors (Lipinski definition) is 1. The largest absolute Gasteiger partial charge is 0.324 e. The molecule has 0 unspecified atom stereocenters. The van der Waals surface area contributed by atoms with E-state index in [0.29, 0.717) is 4.88 Å². The van der Waals surface area contributed by atoms with Crippen LogP contribution in [0.25, 0.3) is 0 Å². The molecule has 0 aliphatic rings. The van der Waals surface area contributed by atoms with Gasteiger partial charge in [-0.1, -0.05) is 53.8 Å². The van der Waals surface area contributed by atoms with Gasteiger partial charge in [0.1, 0.15) is 0 Å². The van der Waals surface area contributed by atoms with Gasteiger partial charge >= 0.3 is 5.00 Å². The zero-order chi connectivity index (χ0) is 17.7.